The number of rotatable bonds is 3. The van der Waals surface area contributed by atoms with E-state index in [1.54, 1.807) is 0 Å². The van der Waals surface area contributed by atoms with Crippen molar-refractivity contribution < 1.29 is 0 Å². The molecule has 1 unspecified atom stereocenters. The van der Waals surface area contributed by atoms with Gasteiger partial charge in [0.05, 0.1) is 0 Å². The Morgan fingerprint density at radius 1 is 1.50 bits per heavy atom. The summed E-state index contributed by atoms with van der Waals surface area (Å²) in [6, 6.07) is 0. The zero-order chi connectivity index (χ0) is 9.03. The number of hydrogen-bond acceptors (Lipinski definition) is 1. The van der Waals surface area contributed by atoms with E-state index >= 15 is 0 Å². The standard InChI is InChI=1S/C11H19N/c1-3-10-5-7-11(4-2,9-12)8-6-10/h5-7H,3-4,8-9,12H2,1-2H3. The topological polar surface area (TPSA) is 26.0 Å². The Morgan fingerprint density at radius 3 is 2.58 bits per heavy atom. The normalized spacial score (nSPS) is 28.8. The van der Waals surface area contributed by atoms with Gasteiger partial charge in [-0.15, -0.1) is 0 Å². The van der Waals surface area contributed by atoms with Crippen molar-refractivity contribution in [3.8, 4) is 0 Å². The molecule has 12 heavy (non-hydrogen) atoms. The van der Waals surface area contributed by atoms with Crippen LogP contribution in [0.2, 0.25) is 0 Å². The minimum absolute atomic E-state index is 0.263. The number of allylic oxidation sites excluding steroid dienone is 3. The molecule has 0 radical (unpaired) electrons. The third kappa shape index (κ3) is 1.78. The van der Waals surface area contributed by atoms with Crippen molar-refractivity contribution in [3.63, 3.8) is 0 Å². The maximum atomic E-state index is 5.76. The first-order chi connectivity index (χ1) is 5.76. The van der Waals surface area contributed by atoms with Crippen LogP contribution in [0.3, 0.4) is 0 Å². The second-order valence-electron chi connectivity index (χ2n) is 3.59. The van der Waals surface area contributed by atoms with E-state index in [-0.39, 0.29) is 5.41 Å². The molecule has 1 rings (SSSR count). The van der Waals surface area contributed by atoms with Crippen LogP contribution in [0.4, 0.5) is 0 Å². The average molecular weight is 165 g/mol. The quantitative estimate of drug-likeness (QED) is 0.683. The van der Waals surface area contributed by atoms with E-state index in [1.165, 1.54) is 5.57 Å². The molecule has 0 aromatic carbocycles. The summed E-state index contributed by atoms with van der Waals surface area (Å²) in [5.74, 6) is 0. The average Bonchev–Trinajstić information content (AvgIpc) is 2.18. The van der Waals surface area contributed by atoms with Gasteiger partial charge in [-0.1, -0.05) is 37.6 Å². The molecule has 0 spiro atoms. The molecule has 68 valence electrons. The van der Waals surface area contributed by atoms with Crippen LogP contribution in [0.5, 0.6) is 0 Å². The monoisotopic (exact) mass is 165 g/mol. The summed E-state index contributed by atoms with van der Waals surface area (Å²) < 4.78 is 0. The predicted molar refractivity (Wildman–Crippen MR) is 53.9 cm³/mol. The van der Waals surface area contributed by atoms with Gasteiger partial charge in [0.2, 0.25) is 0 Å². The minimum atomic E-state index is 0.263. The van der Waals surface area contributed by atoms with E-state index in [2.05, 4.69) is 32.1 Å². The van der Waals surface area contributed by atoms with Crippen molar-refractivity contribution in [1.29, 1.82) is 0 Å². The molecule has 0 saturated carbocycles. The highest BCUT2D eigenvalue weighted by molar-refractivity contribution is 5.26. The molecule has 0 saturated heterocycles. The van der Waals surface area contributed by atoms with E-state index < -0.39 is 0 Å². The lowest BCUT2D eigenvalue weighted by atomic mass is 9.78. The summed E-state index contributed by atoms with van der Waals surface area (Å²) in [4.78, 5) is 0. The van der Waals surface area contributed by atoms with Crippen LogP contribution in [0.25, 0.3) is 0 Å². The van der Waals surface area contributed by atoms with Gasteiger partial charge >= 0.3 is 0 Å². The first kappa shape index (κ1) is 9.53. The lowest BCUT2D eigenvalue weighted by Crippen LogP contribution is -2.28. The second kappa shape index (κ2) is 3.90. The van der Waals surface area contributed by atoms with Gasteiger partial charge in [-0.25, -0.2) is 0 Å². The van der Waals surface area contributed by atoms with Crippen LogP contribution in [-0.2, 0) is 0 Å². The van der Waals surface area contributed by atoms with Gasteiger partial charge in [-0.05, 0) is 19.3 Å². The fourth-order valence-electron chi connectivity index (χ4n) is 1.57. The van der Waals surface area contributed by atoms with E-state index in [1.807, 2.05) is 0 Å². The molecule has 0 aromatic rings. The van der Waals surface area contributed by atoms with Crippen LogP contribution >= 0.6 is 0 Å². The summed E-state index contributed by atoms with van der Waals surface area (Å²) in [5.41, 5.74) is 7.47. The molecule has 0 aliphatic heterocycles. The summed E-state index contributed by atoms with van der Waals surface area (Å²) in [6.07, 6.45) is 10.3. The van der Waals surface area contributed by atoms with E-state index in [4.69, 9.17) is 5.73 Å². The summed E-state index contributed by atoms with van der Waals surface area (Å²) >= 11 is 0. The van der Waals surface area contributed by atoms with Crippen molar-refractivity contribution in [2.45, 2.75) is 33.1 Å². The molecule has 0 bridgehead atoms. The van der Waals surface area contributed by atoms with Gasteiger partial charge in [0, 0.05) is 12.0 Å². The smallest absolute Gasteiger partial charge is 0.00396 e. The van der Waals surface area contributed by atoms with E-state index in [0.29, 0.717) is 0 Å². The predicted octanol–water partition coefficient (Wildman–Crippen LogP) is 2.64. The van der Waals surface area contributed by atoms with E-state index in [0.717, 1.165) is 25.8 Å². The first-order valence-corrected chi connectivity index (χ1v) is 4.84. The lowest BCUT2D eigenvalue weighted by molar-refractivity contribution is 0.379. The summed E-state index contributed by atoms with van der Waals surface area (Å²) in [7, 11) is 0. The van der Waals surface area contributed by atoms with Crippen molar-refractivity contribution in [3.05, 3.63) is 23.8 Å². The minimum Gasteiger partial charge on any atom is -0.330 e. The Hall–Kier alpha value is -0.560. The van der Waals surface area contributed by atoms with Crippen molar-refractivity contribution >= 4 is 0 Å². The Balaban J connectivity index is 2.67. The van der Waals surface area contributed by atoms with Gasteiger partial charge in [0.25, 0.3) is 0 Å². The zero-order valence-electron chi connectivity index (χ0n) is 8.14. The maximum absolute atomic E-state index is 5.76. The molecule has 2 N–H and O–H groups in total. The molecular formula is C11H19N. The van der Waals surface area contributed by atoms with Crippen molar-refractivity contribution in [2.24, 2.45) is 11.1 Å². The molecule has 1 atom stereocenters. The summed E-state index contributed by atoms with van der Waals surface area (Å²) in [6.45, 7) is 5.17. The van der Waals surface area contributed by atoms with Gasteiger partial charge < -0.3 is 5.73 Å². The fourth-order valence-corrected chi connectivity index (χ4v) is 1.57. The number of hydrogen-bond donors (Lipinski definition) is 1. The molecule has 1 nitrogen and oxygen atoms in total. The fraction of sp³-hybridized carbons (Fsp3) is 0.636. The van der Waals surface area contributed by atoms with Crippen LogP contribution in [0.1, 0.15) is 33.1 Å². The van der Waals surface area contributed by atoms with Crippen LogP contribution < -0.4 is 5.73 Å². The molecule has 1 heteroatoms. The van der Waals surface area contributed by atoms with Crippen molar-refractivity contribution in [1.82, 2.24) is 0 Å². The van der Waals surface area contributed by atoms with E-state index in [9.17, 15) is 0 Å². The summed E-state index contributed by atoms with van der Waals surface area (Å²) in [5, 5.41) is 0. The van der Waals surface area contributed by atoms with Gasteiger partial charge in [0.1, 0.15) is 0 Å². The SMILES string of the molecule is CCC1=CCC(CC)(CN)C=C1. The first-order valence-electron chi connectivity index (χ1n) is 4.84. The molecule has 1 aliphatic carbocycles. The maximum Gasteiger partial charge on any atom is 0.00396 e. The molecule has 0 aromatic heterocycles. The van der Waals surface area contributed by atoms with Gasteiger partial charge in [-0.2, -0.15) is 0 Å². The molecule has 1 aliphatic rings. The molecule has 0 amide bonds. The lowest BCUT2D eigenvalue weighted by Gasteiger charge is -2.29. The van der Waals surface area contributed by atoms with Crippen LogP contribution in [0, 0.1) is 5.41 Å². The largest absolute Gasteiger partial charge is 0.330 e. The highest BCUT2D eigenvalue weighted by Crippen LogP contribution is 2.32. The third-order valence-electron chi connectivity index (χ3n) is 2.94. The third-order valence-corrected chi connectivity index (χ3v) is 2.94. The zero-order valence-corrected chi connectivity index (χ0v) is 8.14. The Morgan fingerprint density at radius 2 is 2.25 bits per heavy atom. The van der Waals surface area contributed by atoms with Gasteiger partial charge in [-0.3, -0.25) is 0 Å². The molecule has 0 heterocycles. The molecular weight excluding hydrogens is 146 g/mol. The van der Waals surface area contributed by atoms with Crippen LogP contribution in [-0.4, -0.2) is 6.54 Å². The Kier molecular flexibility index (Phi) is 3.10. The van der Waals surface area contributed by atoms with Gasteiger partial charge in [0.15, 0.2) is 0 Å². The molecule has 0 fully saturated rings. The highest BCUT2D eigenvalue weighted by atomic mass is 14.6. The Labute approximate surface area is 75.3 Å². The Bertz CT molecular complexity index is 197. The highest BCUT2D eigenvalue weighted by Gasteiger charge is 2.23. The number of nitrogens with two attached hydrogens (primary N) is 1. The second-order valence-corrected chi connectivity index (χ2v) is 3.59. The van der Waals surface area contributed by atoms with Crippen molar-refractivity contribution in [2.75, 3.05) is 6.54 Å². The van der Waals surface area contributed by atoms with Crippen LogP contribution in [0.15, 0.2) is 23.8 Å².